The summed E-state index contributed by atoms with van der Waals surface area (Å²) in [6, 6.07) is 3.53. The summed E-state index contributed by atoms with van der Waals surface area (Å²) in [6.45, 7) is 0. The molecule has 0 spiro atoms. The van der Waals surface area contributed by atoms with Crippen LogP contribution in [0.3, 0.4) is 0 Å². The Labute approximate surface area is 194 Å². The van der Waals surface area contributed by atoms with Crippen LogP contribution in [0.4, 0.5) is 0 Å². The maximum absolute atomic E-state index is 13.6. The number of allylic oxidation sites excluding steroid dienone is 1. The van der Waals surface area contributed by atoms with Crippen LogP contribution in [-0.4, -0.2) is 69.9 Å². The van der Waals surface area contributed by atoms with Crippen LogP contribution in [0.2, 0.25) is 0 Å². The molecule has 0 aliphatic heterocycles. The number of ketones is 4. The predicted octanol–water partition coefficient (Wildman–Crippen LogP) is -0.596. The highest BCUT2D eigenvalue weighted by atomic mass is 16.3. The first-order chi connectivity index (χ1) is 16.0. The van der Waals surface area contributed by atoms with Gasteiger partial charge in [-0.3, -0.25) is 28.9 Å². The number of Topliss-reactive ketones (excluding diaryl/α,β-unsaturated/α-hetero) is 4. The number of likely N-dealkylation sites (N-methyl/N-ethyl adjacent to an activating group) is 1. The number of amides is 1. The topological polar surface area (TPSA) is 179 Å². The summed E-state index contributed by atoms with van der Waals surface area (Å²) in [5, 5.41) is 30.8. The first kappa shape index (κ1) is 23.5. The Balaban J connectivity index is 1.88. The Morgan fingerprint density at radius 1 is 1.24 bits per heavy atom. The Morgan fingerprint density at radius 2 is 1.91 bits per heavy atom. The second-order valence-corrected chi connectivity index (χ2v) is 9.28. The van der Waals surface area contributed by atoms with Crippen LogP contribution < -0.4 is 5.73 Å². The molecule has 10 heteroatoms. The molecule has 0 heterocycles. The average Bonchev–Trinajstić information content (AvgIpc) is 2.75. The molecule has 3 aliphatic rings. The molecule has 2 saturated carbocycles. The average molecular weight is 465 g/mol. The molecule has 34 heavy (non-hydrogen) atoms. The summed E-state index contributed by atoms with van der Waals surface area (Å²) >= 11 is 0. The number of carbonyl (C=O) groups excluding carboxylic acids is 5. The van der Waals surface area contributed by atoms with Gasteiger partial charge in [-0.25, -0.2) is 0 Å². The van der Waals surface area contributed by atoms with Crippen LogP contribution in [0.5, 0.6) is 5.75 Å². The van der Waals surface area contributed by atoms with Gasteiger partial charge in [-0.2, -0.15) is 5.26 Å². The second-order valence-electron chi connectivity index (χ2n) is 9.28. The molecular weight excluding hydrogens is 442 g/mol. The standard InChI is InChI=1S/C24H23N3O7/c1-27(2)18-13-9-11-8-12-10(4-3-7-25)5-6-14(28)16(12)19(29)15(11)21(31)24(13,34)22(32)17(20(18)30)23(26)33/h3-6,11,13,15,17-18,28,34H,8-9H2,1-2H3,(H2,26,33)/b4-3+/t11-,13-,15?,17?,18-,24-/m0/s1. The van der Waals surface area contributed by atoms with Crippen LogP contribution in [0.25, 0.3) is 6.08 Å². The van der Waals surface area contributed by atoms with Crippen molar-refractivity contribution in [1.29, 1.82) is 5.26 Å². The molecular formula is C24H23N3O7. The molecule has 10 nitrogen and oxygen atoms in total. The number of aliphatic hydroxyl groups is 1. The van der Waals surface area contributed by atoms with E-state index in [0.29, 0.717) is 11.1 Å². The van der Waals surface area contributed by atoms with E-state index >= 15 is 0 Å². The summed E-state index contributed by atoms with van der Waals surface area (Å²) in [4.78, 5) is 66.7. The molecule has 1 aromatic rings. The third-order valence-electron chi connectivity index (χ3n) is 7.32. The van der Waals surface area contributed by atoms with Crippen molar-refractivity contribution in [2.45, 2.75) is 24.5 Å². The minimum atomic E-state index is -2.75. The molecule has 6 atom stereocenters. The lowest BCUT2D eigenvalue weighted by Gasteiger charge is -2.52. The number of aromatic hydroxyl groups is 1. The van der Waals surface area contributed by atoms with E-state index in [1.165, 1.54) is 37.2 Å². The maximum Gasteiger partial charge on any atom is 0.235 e. The van der Waals surface area contributed by atoms with Crippen molar-refractivity contribution in [1.82, 2.24) is 4.90 Å². The van der Waals surface area contributed by atoms with Crippen molar-refractivity contribution < 1.29 is 34.2 Å². The molecule has 4 N–H and O–H groups in total. The van der Waals surface area contributed by atoms with Crippen molar-refractivity contribution in [3.05, 3.63) is 34.9 Å². The number of phenolic OH excluding ortho intramolecular Hbond substituents is 1. The quantitative estimate of drug-likeness (QED) is 0.388. The summed E-state index contributed by atoms with van der Waals surface area (Å²) in [6.07, 6.45) is 2.82. The van der Waals surface area contributed by atoms with Gasteiger partial charge in [0.1, 0.15) is 5.75 Å². The van der Waals surface area contributed by atoms with Gasteiger partial charge >= 0.3 is 0 Å². The molecule has 3 aliphatic carbocycles. The van der Waals surface area contributed by atoms with Crippen LogP contribution >= 0.6 is 0 Å². The van der Waals surface area contributed by atoms with E-state index in [4.69, 9.17) is 11.0 Å². The lowest BCUT2D eigenvalue weighted by atomic mass is 9.52. The Kier molecular flexibility index (Phi) is 5.50. The third-order valence-corrected chi connectivity index (χ3v) is 7.32. The fourth-order valence-corrected chi connectivity index (χ4v) is 5.91. The van der Waals surface area contributed by atoms with Crippen molar-refractivity contribution in [3.63, 3.8) is 0 Å². The second kappa shape index (κ2) is 7.97. The highest BCUT2D eigenvalue weighted by molar-refractivity contribution is 6.32. The monoisotopic (exact) mass is 465 g/mol. The number of rotatable bonds is 3. The molecule has 1 amide bonds. The van der Waals surface area contributed by atoms with Gasteiger partial charge in [0.2, 0.25) is 5.91 Å². The van der Waals surface area contributed by atoms with Gasteiger partial charge in [-0.15, -0.1) is 0 Å². The van der Waals surface area contributed by atoms with E-state index in [-0.39, 0.29) is 24.2 Å². The number of phenols is 1. The molecule has 4 rings (SSSR count). The highest BCUT2D eigenvalue weighted by Gasteiger charge is 2.69. The zero-order valence-electron chi connectivity index (χ0n) is 18.5. The van der Waals surface area contributed by atoms with Crippen LogP contribution in [0, 0.1) is 35.0 Å². The summed E-state index contributed by atoms with van der Waals surface area (Å²) in [5.41, 5.74) is 3.40. The van der Waals surface area contributed by atoms with Crippen molar-refractivity contribution in [3.8, 4) is 11.8 Å². The van der Waals surface area contributed by atoms with E-state index in [0.717, 1.165) is 0 Å². The predicted molar refractivity (Wildman–Crippen MR) is 116 cm³/mol. The minimum absolute atomic E-state index is 0.0268. The van der Waals surface area contributed by atoms with Crippen LogP contribution in [0.15, 0.2) is 18.2 Å². The lowest BCUT2D eigenvalue weighted by Crippen LogP contribution is -2.74. The summed E-state index contributed by atoms with van der Waals surface area (Å²) in [5.74, 6) is -10.9. The van der Waals surface area contributed by atoms with Crippen molar-refractivity contribution in [2.75, 3.05) is 14.1 Å². The Hall–Kier alpha value is -3.68. The SMILES string of the molecule is CN(C)[C@@H]1C(=O)C(C(N)=O)C(=O)[C@@]2(O)C(=O)C3C(=O)c4c(O)ccc(/C=C/C#N)c4C[C@H]3C[C@@H]12. The van der Waals surface area contributed by atoms with E-state index in [1.54, 1.807) is 6.07 Å². The molecule has 176 valence electrons. The van der Waals surface area contributed by atoms with Crippen molar-refractivity contribution >= 4 is 35.1 Å². The molecule has 0 bridgehead atoms. The van der Waals surface area contributed by atoms with Gasteiger partial charge in [-0.1, -0.05) is 6.07 Å². The minimum Gasteiger partial charge on any atom is -0.507 e. The van der Waals surface area contributed by atoms with Crippen LogP contribution in [0.1, 0.15) is 27.9 Å². The number of nitrogens with two attached hydrogens (primary N) is 1. The van der Waals surface area contributed by atoms with Gasteiger partial charge in [0, 0.05) is 12.0 Å². The zero-order chi connectivity index (χ0) is 25.1. The first-order valence-corrected chi connectivity index (χ1v) is 10.7. The van der Waals surface area contributed by atoms with E-state index in [9.17, 15) is 34.2 Å². The Morgan fingerprint density at radius 3 is 2.50 bits per heavy atom. The normalized spacial score (nSPS) is 32.9. The van der Waals surface area contributed by atoms with Gasteiger partial charge in [0.15, 0.2) is 34.7 Å². The molecule has 0 saturated heterocycles. The maximum atomic E-state index is 13.6. The smallest absolute Gasteiger partial charge is 0.235 e. The molecule has 0 radical (unpaired) electrons. The number of primary amides is 1. The van der Waals surface area contributed by atoms with E-state index < -0.39 is 64.4 Å². The number of hydrogen-bond acceptors (Lipinski definition) is 9. The van der Waals surface area contributed by atoms with Crippen LogP contribution in [-0.2, 0) is 25.6 Å². The number of hydrogen-bond donors (Lipinski definition) is 3. The molecule has 1 aromatic carbocycles. The summed E-state index contributed by atoms with van der Waals surface area (Å²) in [7, 11) is 3.05. The molecule has 2 unspecified atom stereocenters. The number of fused-ring (bicyclic) bond motifs is 3. The Bertz CT molecular complexity index is 1230. The molecule has 2 fully saturated rings. The van der Waals surface area contributed by atoms with Gasteiger partial charge < -0.3 is 15.9 Å². The number of nitriles is 1. The van der Waals surface area contributed by atoms with Gasteiger partial charge in [0.05, 0.1) is 23.6 Å². The van der Waals surface area contributed by atoms with Gasteiger partial charge in [-0.05, 0) is 56.1 Å². The summed E-state index contributed by atoms with van der Waals surface area (Å²) < 4.78 is 0. The van der Waals surface area contributed by atoms with E-state index in [2.05, 4.69) is 0 Å². The first-order valence-electron chi connectivity index (χ1n) is 10.7. The highest BCUT2D eigenvalue weighted by Crippen LogP contribution is 2.51. The number of benzene rings is 1. The van der Waals surface area contributed by atoms with Gasteiger partial charge in [0.25, 0.3) is 0 Å². The number of nitrogens with zero attached hydrogens (tertiary/aromatic N) is 2. The lowest BCUT2D eigenvalue weighted by molar-refractivity contribution is -0.181. The zero-order valence-corrected chi connectivity index (χ0v) is 18.5. The van der Waals surface area contributed by atoms with E-state index in [1.807, 2.05) is 6.07 Å². The largest absolute Gasteiger partial charge is 0.507 e. The third kappa shape index (κ3) is 3.04. The van der Waals surface area contributed by atoms with Crippen molar-refractivity contribution in [2.24, 2.45) is 29.4 Å². The fraction of sp³-hybridized carbons (Fsp3) is 0.417. The fourth-order valence-electron chi connectivity index (χ4n) is 5.91. The number of carbonyl (C=O) groups is 5. The molecule has 0 aromatic heterocycles.